The van der Waals surface area contributed by atoms with Crippen molar-refractivity contribution >= 4 is 11.4 Å². The summed E-state index contributed by atoms with van der Waals surface area (Å²) in [5, 5.41) is 30.9. The SMILES string of the molecule is Cc1nn(Cc2cccc(Cn3nc(C)c([N+](=O)[O-])c3C)c2)c(C)c1[N+](=O)[O-]. The van der Waals surface area contributed by atoms with Gasteiger partial charge >= 0.3 is 11.4 Å². The van der Waals surface area contributed by atoms with Gasteiger partial charge in [-0.1, -0.05) is 24.3 Å². The average Bonchev–Trinajstić information content (AvgIpc) is 3.03. The van der Waals surface area contributed by atoms with Crippen LogP contribution in [0.4, 0.5) is 11.4 Å². The Labute approximate surface area is 160 Å². The second-order valence-electron chi connectivity index (χ2n) is 6.69. The lowest BCUT2D eigenvalue weighted by Crippen LogP contribution is -2.07. The highest BCUT2D eigenvalue weighted by atomic mass is 16.6. The van der Waals surface area contributed by atoms with Crippen LogP contribution >= 0.6 is 0 Å². The van der Waals surface area contributed by atoms with Crippen LogP contribution in [-0.2, 0) is 13.1 Å². The minimum absolute atomic E-state index is 0.0334. The van der Waals surface area contributed by atoms with E-state index in [0.717, 1.165) is 11.1 Å². The molecule has 0 aliphatic rings. The van der Waals surface area contributed by atoms with E-state index < -0.39 is 9.85 Å². The van der Waals surface area contributed by atoms with E-state index in [1.807, 2.05) is 24.3 Å². The van der Waals surface area contributed by atoms with E-state index in [9.17, 15) is 20.2 Å². The first-order valence-electron chi connectivity index (χ1n) is 8.63. The zero-order valence-electron chi connectivity index (χ0n) is 16.0. The molecule has 2 aromatic heterocycles. The standard InChI is InChI=1S/C18H20N6O4/c1-11-17(23(25)26)13(3)21(19-11)9-15-6-5-7-16(8-15)10-22-14(4)18(24(27)28)12(2)20-22/h5-8H,9-10H2,1-4H3. The Morgan fingerprint density at radius 3 is 1.54 bits per heavy atom. The summed E-state index contributed by atoms with van der Waals surface area (Å²) in [6, 6.07) is 7.65. The molecule has 3 aromatic rings. The van der Waals surface area contributed by atoms with Crippen LogP contribution in [-0.4, -0.2) is 29.4 Å². The Morgan fingerprint density at radius 2 is 1.21 bits per heavy atom. The number of hydrogen-bond donors (Lipinski definition) is 0. The van der Waals surface area contributed by atoms with Gasteiger partial charge in [0, 0.05) is 0 Å². The van der Waals surface area contributed by atoms with E-state index >= 15 is 0 Å². The number of nitrogens with zero attached hydrogens (tertiary/aromatic N) is 6. The van der Waals surface area contributed by atoms with Crippen molar-refractivity contribution in [3.63, 3.8) is 0 Å². The van der Waals surface area contributed by atoms with Crippen LogP contribution in [0.2, 0.25) is 0 Å². The van der Waals surface area contributed by atoms with Gasteiger partial charge in [-0.25, -0.2) is 0 Å². The average molecular weight is 384 g/mol. The second kappa shape index (κ2) is 7.22. The highest BCUT2D eigenvalue weighted by molar-refractivity contribution is 5.41. The third-order valence-corrected chi connectivity index (χ3v) is 4.71. The smallest absolute Gasteiger partial charge is 0.258 e. The molecule has 3 rings (SSSR count). The Hall–Kier alpha value is -3.56. The van der Waals surface area contributed by atoms with Crippen LogP contribution in [0.5, 0.6) is 0 Å². The molecule has 0 atom stereocenters. The van der Waals surface area contributed by atoms with E-state index in [2.05, 4.69) is 10.2 Å². The molecule has 10 nitrogen and oxygen atoms in total. The van der Waals surface area contributed by atoms with Crippen LogP contribution in [0, 0.1) is 47.9 Å². The van der Waals surface area contributed by atoms with Gasteiger partial charge in [0.25, 0.3) is 0 Å². The van der Waals surface area contributed by atoms with Crippen molar-refractivity contribution in [2.45, 2.75) is 40.8 Å². The molecule has 0 saturated heterocycles. The van der Waals surface area contributed by atoms with Gasteiger partial charge < -0.3 is 0 Å². The normalized spacial score (nSPS) is 11.0. The molecule has 146 valence electrons. The Morgan fingerprint density at radius 1 is 0.821 bits per heavy atom. The first-order valence-corrected chi connectivity index (χ1v) is 8.63. The van der Waals surface area contributed by atoms with Gasteiger partial charge in [0.05, 0.1) is 22.9 Å². The summed E-state index contributed by atoms with van der Waals surface area (Å²) in [6.45, 7) is 7.38. The molecule has 1 aromatic carbocycles. The van der Waals surface area contributed by atoms with Crippen LogP contribution in [0.1, 0.15) is 33.9 Å². The van der Waals surface area contributed by atoms with Gasteiger partial charge in [0.1, 0.15) is 22.8 Å². The zero-order chi connectivity index (χ0) is 20.6. The number of rotatable bonds is 6. The predicted molar refractivity (Wildman–Crippen MR) is 101 cm³/mol. The van der Waals surface area contributed by atoms with E-state index in [4.69, 9.17) is 0 Å². The Bertz CT molecular complexity index is 1000. The lowest BCUT2D eigenvalue weighted by molar-refractivity contribution is -0.386. The largest absolute Gasteiger partial charge is 0.312 e. The van der Waals surface area contributed by atoms with Crippen LogP contribution in [0.3, 0.4) is 0 Å². The van der Waals surface area contributed by atoms with Crippen molar-refractivity contribution in [1.29, 1.82) is 0 Å². The summed E-state index contributed by atoms with van der Waals surface area (Å²) in [6.07, 6.45) is 0. The van der Waals surface area contributed by atoms with Gasteiger partial charge in [-0.05, 0) is 38.8 Å². The number of aromatic nitrogens is 4. The van der Waals surface area contributed by atoms with Crippen LogP contribution < -0.4 is 0 Å². The van der Waals surface area contributed by atoms with E-state index in [1.165, 1.54) is 0 Å². The van der Waals surface area contributed by atoms with Gasteiger partial charge in [-0.15, -0.1) is 0 Å². The van der Waals surface area contributed by atoms with E-state index in [0.29, 0.717) is 35.9 Å². The summed E-state index contributed by atoms with van der Waals surface area (Å²) in [5.74, 6) is 0. The molecule has 0 aliphatic heterocycles. The predicted octanol–water partition coefficient (Wildman–Crippen LogP) is 3.23. The molecule has 0 spiro atoms. The fraction of sp³-hybridized carbons (Fsp3) is 0.333. The summed E-state index contributed by atoms with van der Waals surface area (Å²) < 4.78 is 3.22. The molecule has 0 bridgehead atoms. The van der Waals surface area contributed by atoms with E-state index in [-0.39, 0.29) is 11.4 Å². The lowest BCUT2D eigenvalue weighted by Gasteiger charge is -2.08. The van der Waals surface area contributed by atoms with Crippen molar-refractivity contribution in [2.24, 2.45) is 0 Å². The first-order chi connectivity index (χ1) is 13.2. The van der Waals surface area contributed by atoms with Crippen molar-refractivity contribution in [3.8, 4) is 0 Å². The van der Waals surface area contributed by atoms with Crippen molar-refractivity contribution in [1.82, 2.24) is 19.6 Å². The lowest BCUT2D eigenvalue weighted by atomic mass is 10.1. The topological polar surface area (TPSA) is 122 Å². The maximum atomic E-state index is 11.2. The van der Waals surface area contributed by atoms with Gasteiger partial charge in [0.15, 0.2) is 0 Å². The molecule has 0 amide bonds. The molecule has 10 heteroatoms. The minimum atomic E-state index is -0.416. The molecule has 0 saturated carbocycles. The van der Waals surface area contributed by atoms with Gasteiger partial charge in [-0.3, -0.25) is 29.6 Å². The van der Waals surface area contributed by atoms with Crippen molar-refractivity contribution < 1.29 is 9.85 Å². The van der Waals surface area contributed by atoms with Crippen molar-refractivity contribution in [3.05, 3.63) is 78.4 Å². The quantitative estimate of drug-likeness (QED) is 0.475. The fourth-order valence-electron chi connectivity index (χ4n) is 3.38. The fourth-order valence-corrected chi connectivity index (χ4v) is 3.38. The molecule has 2 heterocycles. The molecule has 0 radical (unpaired) electrons. The molecular weight excluding hydrogens is 364 g/mol. The number of benzene rings is 1. The molecule has 0 fully saturated rings. The zero-order valence-corrected chi connectivity index (χ0v) is 16.0. The van der Waals surface area contributed by atoms with Crippen LogP contribution in [0.25, 0.3) is 0 Å². The molecular formula is C18H20N6O4. The highest BCUT2D eigenvalue weighted by Gasteiger charge is 2.23. The Kier molecular flexibility index (Phi) is 4.95. The summed E-state index contributed by atoms with van der Waals surface area (Å²) >= 11 is 0. The second-order valence-corrected chi connectivity index (χ2v) is 6.69. The summed E-state index contributed by atoms with van der Waals surface area (Å²) in [7, 11) is 0. The third-order valence-electron chi connectivity index (χ3n) is 4.71. The van der Waals surface area contributed by atoms with E-state index in [1.54, 1.807) is 37.1 Å². The maximum absolute atomic E-state index is 11.2. The molecule has 0 aliphatic carbocycles. The molecule has 0 N–H and O–H groups in total. The van der Waals surface area contributed by atoms with Crippen LogP contribution in [0.15, 0.2) is 24.3 Å². The number of nitro groups is 2. The summed E-state index contributed by atoms with van der Waals surface area (Å²) in [4.78, 5) is 21.5. The summed E-state index contributed by atoms with van der Waals surface area (Å²) in [5.41, 5.74) is 3.69. The Balaban J connectivity index is 1.86. The monoisotopic (exact) mass is 384 g/mol. The maximum Gasteiger partial charge on any atom is 0.312 e. The van der Waals surface area contributed by atoms with Gasteiger partial charge in [-0.2, -0.15) is 10.2 Å². The molecule has 28 heavy (non-hydrogen) atoms. The molecule has 0 unspecified atom stereocenters. The first kappa shape index (κ1) is 19.2. The number of hydrogen-bond acceptors (Lipinski definition) is 6. The number of aryl methyl sites for hydroxylation is 2. The minimum Gasteiger partial charge on any atom is -0.258 e. The highest BCUT2D eigenvalue weighted by Crippen LogP contribution is 2.24. The van der Waals surface area contributed by atoms with Gasteiger partial charge in [0.2, 0.25) is 0 Å². The third kappa shape index (κ3) is 3.48. The van der Waals surface area contributed by atoms with Crippen molar-refractivity contribution in [2.75, 3.05) is 0 Å².